The van der Waals surface area contributed by atoms with Crippen molar-refractivity contribution in [3.63, 3.8) is 0 Å². The van der Waals surface area contributed by atoms with Crippen LogP contribution in [0.25, 0.3) is 0 Å². The van der Waals surface area contributed by atoms with E-state index in [-0.39, 0.29) is 11.9 Å². The zero-order valence-corrected chi connectivity index (χ0v) is 8.64. The van der Waals surface area contributed by atoms with E-state index in [0.29, 0.717) is 0 Å². The third-order valence-electron chi connectivity index (χ3n) is 2.76. The first-order chi connectivity index (χ1) is 7.31. The molecule has 1 aromatic rings. The monoisotopic (exact) mass is 210 g/mol. The van der Waals surface area contributed by atoms with E-state index < -0.39 is 0 Å². The van der Waals surface area contributed by atoms with Gasteiger partial charge in [0.15, 0.2) is 5.82 Å². The van der Waals surface area contributed by atoms with Crippen LogP contribution in [0.15, 0.2) is 6.20 Å². The number of aromatic amines is 1. The maximum absolute atomic E-state index is 11.3. The third kappa shape index (κ3) is 2.08. The molecule has 0 bridgehead atoms. The topological polar surface area (TPSA) is 71.1 Å². The maximum atomic E-state index is 11.3. The van der Waals surface area contributed by atoms with Gasteiger partial charge in [-0.2, -0.15) is 10.3 Å². The van der Waals surface area contributed by atoms with Crippen LogP contribution in [0.5, 0.6) is 0 Å². The van der Waals surface area contributed by atoms with E-state index in [9.17, 15) is 4.79 Å². The van der Waals surface area contributed by atoms with E-state index in [1.54, 1.807) is 6.20 Å². The van der Waals surface area contributed by atoms with Crippen LogP contribution in [0.2, 0.25) is 0 Å². The average molecular weight is 210 g/mol. The molecule has 0 saturated carbocycles. The van der Waals surface area contributed by atoms with Gasteiger partial charge in [-0.3, -0.25) is 4.79 Å². The van der Waals surface area contributed by atoms with Gasteiger partial charge in [-0.15, -0.1) is 5.10 Å². The normalized spacial score (nSPS) is 17.8. The van der Waals surface area contributed by atoms with Crippen molar-refractivity contribution in [2.75, 3.05) is 25.1 Å². The summed E-state index contributed by atoms with van der Waals surface area (Å²) >= 11 is 0. The summed E-state index contributed by atoms with van der Waals surface area (Å²) in [6.07, 6.45) is 3.33. The van der Waals surface area contributed by atoms with Gasteiger partial charge in [0.05, 0.1) is 19.2 Å². The number of hydrogen-bond donors (Lipinski definition) is 1. The Bertz CT molecular complexity index is 317. The minimum absolute atomic E-state index is 0.0400. The Balaban J connectivity index is 1.90. The van der Waals surface area contributed by atoms with Crippen molar-refractivity contribution in [3.05, 3.63) is 6.20 Å². The fourth-order valence-electron chi connectivity index (χ4n) is 1.86. The van der Waals surface area contributed by atoms with Gasteiger partial charge in [-0.25, -0.2) is 0 Å². The number of carbonyl (C=O) groups is 1. The number of anilines is 1. The summed E-state index contributed by atoms with van der Waals surface area (Å²) in [7, 11) is 1.44. The van der Waals surface area contributed by atoms with Crippen LogP contribution in [0.4, 0.5) is 5.82 Å². The largest absolute Gasteiger partial charge is 0.469 e. The first-order valence-electron chi connectivity index (χ1n) is 5.00. The van der Waals surface area contributed by atoms with Crippen LogP contribution >= 0.6 is 0 Å². The van der Waals surface area contributed by atoms with E-state index in [1.807, 2.05) is 0 Å². The lowest BCUT2D eigenvalue weighted by Crippen LogP contribution is -2.36. The molecule has 6 nitrogen and oxygen atoms in total. The Morgan fingerprint density at radius 1 is 1.60 bits per heavy atom. The lowest BCUT2D eigenvalue weighted by atomic mass is 9.97. The highest BCUT2D eigenvalue weighted by atomic mass is 16.5. The Morgan fingerprint density at radius 3 is 2.87 bits per heavy atom. The zero-order valence-electron chi connectivity index (χ0n) is 8.64. The van der Waals surface area contributed by atoms with E-state index in [4.69, 9.17) is 4.74 Å². The average Bonchev–Trinajstić information content (AvgIpc) is 2.82. The summed E-state index contributed by atoms with van der Waals surface area (Å²) in [5, 5.41) is 10.3. The predicted octanol–water partition coefficient (Wildman–Crippen LogP) is 0.194. The summed E-state index contributed by atoms with van der Waals surface area (Å²) in [6, 6.07) is 0. The first kappa shape index (κ1) is 9.95. The van der Waals surface area contributed by atoms with Crippen LogP contribution in [0.1, 0.15) is 12.8 Å². The van der Waals surface area contributed by atoms with Gasteiger partial charge in [0.2, 0.25) is 0 Å². The minimum Gasteiger partial charge on any atom is -0.469 e. The number of piperidine rings is 1. The van der Waals surface area contributed by atoms with Crippen molar-refractivity contribution in [3.8, 4) is 0 Å². The number of carbonyl (C=O) groups excluding carboxylic acids is 1. The number of methoxy groups -OCH3 is 1. The summed E-state index contributed by atoms with van der Waals surface area (Å²) in [4.78, 5) is 13.4. The van der Waals surface area contributed by atoms with Gasteiger partial charge in [-0.1, -0.05) is 0 Å². The van der Waals surface area contributed by atoms with Crippen molar-refractivity contribution < 1.29 is 9.53 Å². The molecule has 1 N–H and O–H groups in total. The number of nitrogens with zero attached hydrogens (tertiary/aromatic N) is 3. The standard InChI is InChI=1S/C9H14N4O2/c1-15-9(14)7-2-4-13(5-3-7)8-6-10-12-11-8/h6-7H,2-5H2,1H3,(H,10,11,12). The molecule has 15 heavy (non-hydrogen) atoms. The van der Waals surface area contributed by atoms with Crippen LogP contribution in [-0.4, -0.2) is 41.6 Å². The lowest BCUT2D eigenvalue weighted by molar-refractivity contribution is -0.146. The maximum Gasteiger partial charge on any atom is 0.308 e. The Kier molecular flexibility index (Phi) is 2.84. The van der Waals surface area contributed by atoms with Crippen molar-refractivity contribution in [2.45, 2.75) is 12.8 Å². The van der Waals surface area contributed by atoms with Gasteiger partial charge in [-0.05, 0) is 12.8 Å². The van der Waals surface area contributed by atoms with Crippen LogP contribution < -0.4 is 4.90 Å². The van der Waals surface area contributed by atoms with Gasteiger partial charge < -0.3 is 9.64 Å². The molecule has 0 spiro atoms. The summed E-state index contributed by atoms with van der Waals surface area (Å²) in [5.41, 5.74) is 0. The fraction of sp³-hybridized carbons (Fsp3) is 0.667. The number of nitrogens with one attached hydrogen (secondary N) is 1. The van der Waals surface area contributed by atoms with Crippen molar-refractivity contribution in [1.82, 2.24) is 15.4 Å². The van der Waals surface area contributed by atoms with Crippen LogP contribution in [-0.2, 0) is 9.53 Å². The quantitative estimate of drug-likeness (QED) is 0.706. The molecule has 1 aromatic heterocycles. The summed E-state index contributed by atoms with van der Waals surface area (Å²) < 4.78 is 4.72. The lowest BCUT2D eigenvalue weighted by Gasteiger charge is -2.30. The number of rotatable bonds is 2. The van der Waals surface area contributed by atoms with Crippen molar-refractivity contribution in [2.24, 2.45) is 5.92 Å². The smallest absolute Gasteiger partial charge is 0.308 e. The van der Waals surface area contributed by atoms with Crippen LogP contribution in [0.3, 0.4) is 0 Å². The second-order valence-corrected chi connectivity index (χ2v) is 3.61. The SMILES string of the molecule is COC(=O)C1CCN(c2cn[nH]n2)CC1. The predicted molar refractivity (Wildman–Crippen MR) is 53.3 cm³/mol. The minimum atomic E-state index is -0.102. The Hall–Kier alpha value is -1.59. The molecule has 0 aromatic carbocycles. The van der Waals surface area contributed by atoms with Gasteiger partial charge >= 0.3 is 5.97 Å². The molecular formula is C9H14N4O2. The molecular weight excluding hydrogens is 196 g/mol. The molecule has 1 saturated heterocycles. The molecule has 1 aliphatic rings. The number of esters is 1. The molecule has 0 atom stereocenters. The molecule has 1 fully saturated rings. The molecule has 2 rings (SSSR count). The zero-order chi connectivity index (χ0) is 10.7. The molecule has 82 valence electrons. The second kappa shape index (κ2) is 4.29. The van der Waals surface area contributed by atoms with E-state index in [2.05, 4.69) is 20.3 Å². The molecule has 0 amide bonds. The Morgan fingerprint density at radius 2 is 2.33 bits per heavy atom. The van der Waals surface area contributed by atoms with Crippen LogP contribution in [0, 0.1) is 5.92 Å². The van der Waals surface area contributed by atoms with Gasteiger partial charge in [0.1, 0.15) is 0 Å². The number of aromatic nitrogens is 3. The molecule has 2 heterocycles. The van der Waals surface area contributed by atoms with E-state index in [0.717, 1.165) is 31.7 Å². The summed E-state index contributed by atoms with van der Waals surface area (Å²) in [6.45, 7) is 1.65. The number of hydrogen-bond acceptors (Lipinski definition) is 5. The van der Waals surface area contributed by atoms with E-state index >= 15 is 0 Å². The Labute approximate surface area is 87.6 Å². The molecule has 0 radical (unpaired) electrons. The highest BCUT2D eigenvalue weighted by Gasteiger charge is 2.26. The highest BCUT2D eigenvalue weighted by Crippen LogP contribution is 2.21. The van der Waals surface area contributed by atoms with Gasteiger partial charge in [0, 0.05) is 13.1 Å². The molecule has 0 unspecified atom stereocenters. The fourth-order valence-corrected chi connectivity index (χ4v) is 1.86. The molecule has 0 aliphatic carbocycles. The number of H-pyrrole nitrogens is 1. The number of ether oxygens (including phenoxy) is 1. The van der Waals surface area contributed by atoms with E-state index in [1.165, 1.54) is 7.11 Å². The van der Waals surface area contributed by atoms with Crippen molar-refractivity contribution in [1.29, 1.82) is 0 Å². The van der Waals surface area contributed by atoms with Gasteiger partial charge in [0.25, 0.3) is 0 Å². The highest BCUT2D eigenvalue weighted by molar-refractivity contribution is 5.72. The molecule has 1 aliphatic heterocycles. The molecule has 6 heteroatoms. The van der Waals surface area contributed by atoms with Crippen molar-refractivity contribution >= 4 is 11.8 Å². The summed E-state index contributed by atoms with van der Waals surface area (Å²) in [5.74, 6) is 0.784. The third-order valence-corrected chi connectivity index (χ3v) is 2.76. The second-order valence-electron chi connectivity index (χ2n) is 3.61. The first-order valence-corrected chi connectivity index (χ1v) is 5.00.